The van der Waals surface area contributed by atoms with Gasteiger partial charge in [0.2, 0.25) is 0 Å². The second-order valence-electron chi connectivity index (χ2n) is 8.81. The van der Waals surface area contributed by atoms with Gasteiger partial charge in [-0.05, 0) is 72.5 Å². The second-order valence-corrected chi connectivity index (χ2v) is 9.62. The Bertz CT molecular complexity index is 1580. The van der Waals surface area contributed by atoms with E-state index in [1.54, 1.807) is 38.1 Å². The van der Waals surface area contributed by atoms with Crippen molar-refractivity contribution in [3.63, 3.8) is 0 Å². The highest BCUT2D eigenvalue weighted by molar-refractivity contribution is 6.35. The van der Waals surface area contributed by atoms with E-state index in [-0.39, 0.29) is 32.5 Å². The lowest BCUT2D eigenvalue weighted by atomic mass is 9.99. The molecular formula is C28H20Cl2N4O6. The Labute approximate surface area is 237 Å². The van der Waals surface area contributed by atoms with E-state index in [4.69, 9.17) is 23.2 Å². The number of nitro groups is 2. The van der Waals surface area contributed by atoms with Crippen LogP contribution in [0.1, 0.15) is 31.8 Å². The first-order chi connectivity index (χ1) is 18.9. The number of anilines is 2. The molecule has 4 rings (SSSR count). The molecule has 0 saturated carbocycles. The molecule has 0 saturated heterocycles. The lowest BCUT2D eigenvalue weighted by Crippen LogP contribution is -2.14. The quantitative estimate of drug-likeness (QED) is 0.170. The molecule has 0 heterocycles. The van der Waals surface area contributed by atoms with E-state index in [2.05, 4.69) is 10.6 Å². The molecule has 0 bridgehead atoms. The van der Waals surface area contributed by atoms with E-state index in [0.29, 0.717) is 11.4 Å². The van der Waals surface area contributed by atoms with Crippen LogP contribution in [0.25, 0.3) is 11.1 Å². The Morgan fingerprint density at radius 2 is 1.00 bits per heavy atom. The highest BCUT2D eigenvalue weighted by Gasteiger charge is 2.18. The van der Waals surface area contributed by atoms with Crippen LogP contribution in [0.5, 0.6) is 0 Å². The van der Waals surface area contributed by atoms with Gasteiger partial charge in [0.1, 0.15) is 0 Å². The molecule has 0 unspecified atom stereocenters. The van der Waals surface area contributed by atoms with Crippen LogP contribution in [-0.2, 0) is 0 Å². The minimum atomic E-state index is -0.602. The summed E-state index contributed by atoms with van der Waals surface area (Å²) >= 11 is 12.2. The van der Waals surface area contributed by atoms with Crippen LogP contribution in [0.2, 0.25) is 10.0 Å². The zero-order chi connectivity index (χ0) is 29.1. The number of hydrogen-bond acceptors (Lipinski definition) is 6. The minimum Gasteiger partial charge on any atom is -0.322 e. The summed E-state index contributed by atoms with van der Waals surface area (Å²) in [6.45, 7) is 3.61. The normalized spacial score (nSPS) is 10.6. The van der Waals surface area contributed by atoms with Gasteiger partial charge in [-0.2, -0.15) is 0 Å². The predicted molar refractivity (Wildman–Crippen MR) is 153 cm³/mol. The molecule has 0 fully saturated rings. The smallest absolute Gasteiger partial charge is 0.270 e. The monoisotopic (exact) mass is 578 g/mol. The molecule has 0 spiro atoms. The van der Waals surface area contributed by atoms with Gasteiger partial charge in [0.25, 0.3) is 23.2 Å². The summed E-state index contributed by atoms with van der Waals surface area (Å²) in [5.74, 6) is -1.16. The number of rotatable bonds is 7. The fourth-order valence-corrected chi connectivity index (χ4v) is 4.35. The van der Waals surface area contributed by atoms with Gasteiger partial charge >= 0.3 is 0 Å². The summed E-state index contributed by atoms with van der Waals surface area (Å²) in [7, 11) is 0. The number of amides is 2. The average molecular weight is 579 g/mol. The molecule has 0 aliphatic heterocycles. The van der Waals surface area contributed by atoms with Gasteiger partial charge in [-0.15, -0.1) is 0 Å². The van der Waals surface area contributed by atoms with Crippen molar-refractivity contribution >= 4 is 57.8 Å². The van der Waals surface area contributed by atoms with Gasteiger partial charge in [0.05, 0.1) is 31.0 Å². The lowest BCUT2D eigenvalue weighted by molar-refractivity contribution is -0.385. The molecule has 2 N–H and O–H groups in total. The van der Waals surface area contributed by atoms with Crippen molar-refractivity contribution < 1.29 is 19.4 Å². The number of non-ortho nitro benzene ring substituents is 2. The van der Waals surface area contributed by atoms with Crippen LogP contribution in [0.3, 0.4) is 0 Å². The fraction of sp³-hybridized carbons (Fsp3) is 0.0714. The largest absolute Gasteiger partial charge is 0.322 e. The third-order valence-electron chi connectivity index (χ3n) is 6.09. The molecule has 0 atom stereocenters. The standard InChI is InChI=1S/C28H20Cl2N4O6/c1-15-11-17(3-9-25(15)31-27(35)21-13-19(33(37)38)5-7-23(21)29)18-4-10-26(16(2)12-18)32-28(36)22-14-20(34(39)40)6-8-24(22)30/h3-14H,1-2H3,(H,31,35)(H,32,36). The SMILES string of the molecule is Cc1cc(-c2ccc(NC(=O)c3cc([N+](=O)[O-])ccc3Cl)c(C)c2)ccc1NC(=O)c1cc([N+](=O)[O-])ccc1Cl. The number of benzene rings is 4. The van der Waals surface area contributed by atoms with E-state index in [1.807, 2.05) is 12.1 Å². The lowest BCUT2D eigenvalue weighted by Gasteiger charge is -2.13. The number of nitrogens with zero attached hydrogens (tertiary/aromatic N) is 2. The average Bonchev–Trinajstić information content (AvgIpc) is 2.91. The summed E-state index contributed by atoms with van der Waals surface area (Å²) in [4.78, 5) is 46.5. The summed E-state index contributed by atoms with van der Waals surface area (Å²) in [5.41, 5.74) is 3.65. The van der Waals surface area contributed by atoms with E-state index in [0.717, 1.165) is 34.4 Å². The van der Waals surface area contributed by atoms with Crippen molar-refractivity contribution in [2.45, 2.75) is 13.8 Å². The molecule has 0 aromatic heterocycles. The number of carbonyl (C=O) groups is 2. The molecule has 2 amide bonds. The number of carbonyl (C=O) groups excluding carboxylic acids is 2. The highest BCUT2D eigenvalue weighted by atomic mass is 35.5. The van der Waals surface area contributed by atoms with Crippen molar-refractivity contribution in [1.29, 1.82) is 0 Å². The molecule has 10 nitrogen and oxygen atoms in total. The first kappa shape index (κ1) is 28.2. The first-order valence-corrected chi connectivity index (χ1v) is 12.4. The second kappa shape index (κ2) is 11.5. The zero-order valence-electron chi connectivity index (χ0n) is 21.0. The van der Waals surface area contributed by atoms with E-state index in [1.165, 1.54) is 24.3 Å². The van der Waals surface area contributed by atoms with Crippen molar-refractivity contribution in [2.24, 2.45) is 0 Å². The summed E-state index contributed by atoms with van der Waals surface area (Å²) in [6.07, 6.45) is 0. The summed E-state index contributed by atoms with van der Waals surface area (Å²) in [5, 5.41) is 27.8. The maximum Gasteiger partial charge on any atom is 0.270 e. The molecule has 0 aliphatic rings. The third kappa shape index (κ3) is 6.09. The van der Waals surface area contributed by atoms with Gasteiger partial charge in [0, 0.05) is 35.6 Å². The molecule has 12 heteroatoms. The number of hydrogen-bond donors (Lipinski definition) is 2. The van der Waals surface area contributed by atoms with Crippen LogP contribution in [0.4, 0.5) is 22.7 Å². The Morgan fingerprint density at radius 1 is 0.625 bits per heavy atom. The molecule has 0 radical (unpaired) electrons. The highest BCUT2D eigenvalue weighted by Crippen LogP contribution is 2.30. The molecule has 4 aromatic carbocycles. The van der Waals surface area contributed by atoms with Gasteiger partial charge in [-0.3, -0.25) is 29.8 Å². The van der Waals surface area contributed by atoms with Gasteiger partial charge in [-0.1, -0.05) is 35.3 Å². The van der Waals surface area contributed by atoms with Crippen molar-refractivity contribution in [1.82, 2.24) is 0 Å². The number of halogens is 2. The van der Waals surface area contributed by atoms with E-state index >= 15 is 0 Å². The van der Waals surface area contributed by atoms with Crippen molar-refractivity contribution in [3.05, 3.63) is 125 Å². The van der Waals surface area contributed by atoms with Crippen LogP contribution < -0.4 is 10.6 Å². The van der Waals surface area contributed by atoms with E-state index in [9.17, 15) is 29.8 Å². The minimum absolute atomic E-state index is 0.0148. The van der Waals surface area contributed by atoms with Crippen LogP contribution >= 0.6 is 23.2 Å². The van der Waals surface area contributed by atoms with Crippen LogP contribution in [0.15, 0.2) is 72.8 Å². The Kier molecular flexibility index (Phi) is 8.13. The number of aryl methyl sites for hydroxylation is 2. The summed E-state index contributed by atoms with van der Waals surface area (Å²) in [6, 6.07) is 18.0. The third-order valence-corrected chi connectivity index (χ3v) is 6.75. The maximum absolute atomic E-state index is 12.8. The van der Waals surface area contributed by atoms with Crippen molar-refractivity contribution in [3.8, 4) is 11.1 Å². The number of nitro benzene ring substituents is 2. The molecule has 202 valence electrons. The predicted octanol–water partition coefficient (Wildman–Crippen LogP) is 7.60. The molecule has 4 aromatic rings. The van der Waals surface area contributed by atoms with Crippen molar-refractivity contribution in [2.75, 3.05) is 10.6 Å². The van der Waals surface area contributed by atoms with Crippen LogP contribution in [-0.4, -0.2) is 21.7 Å². The Hall–Kier alpha value is -4.80. The zero-order valence-corrected chi connectivity index (χ0v) is 22.5. The fourth-order valence-electron chi connectivity index (χ4n) is 3.95. The van der Waals surface area contributed by atoms with E-state index < -0.39 is 21.7 Å². The van der Waals surface area contributed by atoms with Gasteiger partial charge in [0.15, 0.2) is 0 Å². The molecule has 40 heavy (non-hydrogen) atoms. The maximum atomic E-state index is 12.8. The topological polar surface area (TPSA) is 144 Å². The van der Waals surface area contributed by atoms with Gasteiger partial charge in [-0.25, -0.2) is 0 Å². The van der Waals surface area contributed by atoms with Gasteiger partial charge < -0.3 is 10.6 Å². The molecule has 0 aliphatic carbocycles. The first-order valence-electron chi connectivity index (χ1n) is 11.7. The Morgan fingerprint density at radius 3 is 1.32 bits per heavy atom. The Balaban J connectivity index is 1.52. The summed E-state index contributed by atoms with van der Waals surface area (Å²) < 4.78 is 0. The number of nitrogens with one attached hydrogen (secondary N) is 2. The molecular weight excluding hydrogens is 559 g/mol. The van der Waals surface area contributed by atoms with Crippen LogP contribution in [0, 0.1) is 34.1 Å².